The van der Waals surface area contributed by atoms with Crippen LogP contribution in [0.25, 0.3) is 16.5 Å². The molecular weight excluding hydrogens is 376 g/mol. The van der Waals surface area contributed by atoms with Crippen molar-refractivity contribution in [2.24, 2.45) is 7.05 Å². The van der Waals surface area contributed by atoms with Crippen LogP contribution in [0.4, 0.5) is 5.69 Å². The highest BCUT2D eigenvalue weighted by molar-refractivity contribution is 7.13. The number of carbonyl (C=O) groups excluding carboxylic acids is 1. The summed E-state index contributed by atoms with van der Waals surface area (Å²) < 4.78 is 8.58. The van der Waals surface area contributed by atoms with Gasteiger partial charge in [0.2, 0.25) is 5.91 Å². The summed E-state index contributed by atoms with van der Waals surface area (Å²) in [4.78, 5) is 29.8. The molecule has 0 atom stereocenters. The lowest BCUT2D eigenvalue weighted by molar-refractivity contribution is -0.115. The van der Waals surface area contributed by atoms with Gasteiger partial charge in [-0.3, -0.25) is 14.3 Å². The zero-order valence-electron chi connectivity index (χ0n) is 15.4. The Kier molecular flexibility index (Phi) is 4.70. The number of hydrogen-bond donors (Lipinski definition) is 1. The minimum Gasteiger partial charge on any atom is -0.462 e. The summed E-state index contributed by atoms with van der Waals surface area (Å²) in [7, 11) is 1.79. The van der Waals surface area contributed by atoms with E-state index in [1.54, 1.807) is 31.0 Å². The fraction of sp³-hybridized carbons (Fsp3) is 0.150. The van der Waals surface area contributed by atoms with Gasteiger partial charge in [-0.25, -0.2) is 9.67 Å². The second-order valence-corrected chi connectivity index (χ2v) is 7.14. The monoisotopic (exact) mass is 394 g/mol. The van der Waals surface area contributed by atoms with Crippen LogP contribution in [0.3, 0.4) is 0 Å². The number of para-hydroxylation sites is 1. The number of hydrogen-bond acceptors (Lipinski definition) is 5. The number of nitrogens with one attached hydrogen (secondary N) is 1. The topological polar surface area (TPSA) is 82.1 Å². The zero-order chi connectivity index (χ0) is 19.7. The third-order valence-corrected chi connectivity index (χ3v) is 5.35. The van der Waals surface area contributed by atoms with Gasteiger partial charge in [-0.1, -0.05) is 18.2 Å². The fourth-order valence-corrected chi connectivity index (χ4v) is 3.75. The maximum absolute atomic E-state index is 12.9. The highest BCUT2D eigenvalue weighted by atomic mass is 32.1. The van der Waals surface area contributed by atoms with Crippen molar-refractivity contribution in [3.8, 4) is 16.5 Å². The second-order valence-electron chi connectivity index (χ2n) is 6.28. The summed E-state index contributed by atoms with van der Waals surface area (Å²) in [5.41, 5.74) is 2.05. The molecule has 0 saturated carbocycles. The quantitative estimate of drug-likeness (QED) is 0.563. The lowest BCUT2D eigenvalue weighted by atomic mass is 10.3. The Hall–Kier alpha value is -3.39. The largest absolute Gasteiger partial charge is 0.462 e. The molecule has 0 saturated heterocycles. The third kappa shape index (κ3) is 3.29. The van der Waals surface area contributed by atoms with Crippen molar-refractivity contribution >= 4 is 22.9 Å². The van der Waals surface area contributed by atoms with Crippen LogP contribution in [0.5, 0.6) is 0 Å². The molecule has 0 aliphatic rings. The Balaban J connectivity index is 1.55. The summed E-state index contributed by atoms with van der Waals surface area (Å²) in [5.74, 6) is 0.378. The SMILES string of the molecule is Cc1c(NC(=O)Cc2csc(-c3ccco3)n2)c(=O)n(-c2ccccc2)n1C. The summed E-state index contributed by atoms with van der Waals surface area (Å²) in [6, 6.07) is 12.9. The number of benzene rings is 1. The van der Waals surface area contributed by atoms with Gasteiger partial charge in [-0.2, -0.15) is 0 Å². The van der Waals surface area contributed by atoms with Gasteiger partial charge in [0.1, 0.15) is 5.69 Å². The van der Waals surface area contributed by atoms with E-state index in [0.717, 1.165) is 10.7 Å². The lowest BCUT2D eigenvalue weighted by Gasteiger charge is -2.07. The van der Waals surface area contributed by atoms with Gasteiger partial charge in [0.25, 0.3) is 5.56 Å². The Morgan fingerprint density at radius 1 is 1.21 bits per heavy atom. The van der Waals surface area contributed by atoms with E-state index in [1.165, 1.54) is 16.0 Å². The first-order valence-electron chi connectivity index (χ1n) is 8.66. The van der Waals surface area contributed by atoms with E-state index in [0.29, 0.717) is 17.1 Å². The van der Waals surface area contributed by atoms with E-state index in [-0.39, 0.29) is 23.6 Å². The molecule has 7 nitrogen and oxygen atoms in total. The molecule has 1 aromatic carbocycles. The molecule has 1 N–H and O–H groups in total. The van der Waals surface area contributed by atoms with E-state index in [9.17, 15) is 9.59 Å². The molecular formula is C20H18N4O3S. The van der Waals surface area contributed by atoms with Crippen molar-refractivity contribution in [2.45, 2.75) is 13.3 Å². The van der Waals surface area contributed by atoms with Crippen LogP contribution in [0.2, 0.25) is 0 Å². The third-order valence-electron chi connectivity index (χ3n) is 4.44. The number of amides is 1. The predicted octanol–water partition coefficient (Wildman–Crippen LogP) is 3.38. The van der Waals surface area contributed by atoms with E-state index in [1.807, 2.05) is 41.8 Å². The van der Waals surface area contributed by atoms with Crippen molar-refractivity contribution in [3.63, 3.8) is 0 Å². The van der Waals surface area contributed by atoms with Crippen LogP contribution in [0.1, 0.15) is 11.4 Å². The smallest absolute Gasteiger partial charge is 0.295 e. The number of nitrogens with zero attached hydrogens (tertiary/aromatic N) is 3. The molecule has 4 aromatic rings. The normalized spacial score (nSPS) is 10.9. The second kappa shape index (κ2) is 7.32. The summed E-state index contributed by atoms with van der Waals surface area (Å²) in [6.07, 6.45) is 1.66. The zero-order valence-corrected chi connectivity index (χ0v) is 16.2. The number of aromatic nitrogens is 3. The number of anilines is 1. The van der Waals surface area contributed by atoms with Crippen molar-refractivity contribution in [3.05, 3.63) is 75.8 Å². The molecule has 0 spiro atoms. The van der Waals surface area contributed by atoms with Gasteiger partial charge in [0.05, 0.1) is 29.8 Å². The Morgan fingerprint density at radius 2 is 2.00 bits per heavy atom. The number of furan rings is 1. The first-order valence-corrected chi connectivity index (χ1v) is 9.54. The van der Waals surface area contributed by atoms with E-state index >= 15 is 0 Å². The van der Waals surface area contributed by atoms with Gasteiger partial charge in [0, 0.05) is 12.4 Å². The van der Waals surface area contributed by atoms with Crippen LogP contribution in [0, 0.1) is 6.92 Å². The standard InChI is InChI=1S/C20H18N4O3S/c1-13-18(20(26)24(23(13)2)15-7-4-3-5-8-15)22-17(25)11-14-12-28-19(21-14)16-9-6-10-27-16/h3-10,12H,11H2,1-2H3,(H,22,25). The molecule has 1 amide bonds. The molecule has 4 rings (SSSR count). The summed E-state index contributed by atoms with van der Waals surface area (Å²) in [6.45, 7) is 1.80. The molecule has 28 heavy (non-hydrogen) atoms. The maximum Gasteiger partial charge on any atom is 0.295 e. The van der Waals surface area contributed by atoms with Crippen LogP contribution < -0.4 is 10.9 Å². The van der Waals surface area contributed by atoms with Crippen molar-refractivity contribution < 1.29 is 9.21 Å². The minimum atomic E-state index is -0.290. The van der Waals surface area contributed by atoms with E-state index in [2.05, 4.69) is 10.3 Å². The molecule has 0 fully saturated rings. The average molecular weight is 394 g/mol. The lowest BCUT2D eigenvalue weighted by Crippen LogP contribution is -2.23. The average Bonchev–Trinajstić information content (AvgIpc) is 3.41. The van der Waals surface area contributed by atoms with Crippen LogP contribution >= 0.6 is 11.3 Å². The van der Waals surface area contributed by atoms with Crippen molar-refractivity contribution in [1.29, 1.82) is 0 Å². The van der Waals surface area contributed by atoms with E-state index in [4.69, 9.17) is 4.42 Å². The Bertz CT molecular complexity index is 1170. The van der Waals surface area contributed by atoms with Gasteiger partial charge in [0.15, 0.2) is 10.8 Å². The molecule has 142 valence electrons. The highest BCUT2D eigenvalue weighted by Crippen LogP contribution is 2.24. The Morgan fingerprint density at radius 3 is 2.71 bits per heavy atom. The minimum absolute atomic E-state index is 0.0797. The van der Waals surface area contributed by atoms with Gasteiger partial charge in [-0.15, -0.1) is 11.3 Å². The number of thiazole rings is 1. The molecule has 0 aliphatic heterocycles. The number of rotatable bonds is 5. The Labute approximate surface area is 164 Å². The fourth-order valence-electron chi connectivity index (χ4n) is 2.96. The highest BCUT2D eigenvalue weighted by Gasteiger charge is 2.19. The molecule has 8 heteroatoms. The first-order chi connectivity index (χ1) is 13.5. The van der Waals surface area contributed by atoms with Gasteiger partial charge >= 0.3 is 0 Å². The maximum atomic E-state index is 12.9. The van der Waals surface area contributed by atoms with Crippen LogP contribution in [-0.4, -0.2) is 20.3 Å². The van der Waals surface area contributed by atoms with Crippen LogP contribution in [-0.2, 0) is 18.3 Å². The van der Waals surface area contributed by atoms with Gasteiger partial charge < -0.3 is 9.73 Å². The van der Waals surface area contributed by atoms with Crippen LogP contribution in [0.15, 0.2) is 63.3 Å². The summed E-state index contributed by atoms with van der Waals surface area (Å²) >= 11 is 1.41. The van der Waals surface area contributed by atoms with Crippen molar-refractivity contribution in [2.75, 3.05) is 5.32 Å². The molecule has 0 aliphatic carbocycles. The first kappa shape index (κ1) is 18.0. The molecule has 3 heterocycles. The number of carbonyl (C=O) groups is 1. The molecule has 0 radical (unpaired) electrons. The van der Waals surface area contributed by atoms with E-state index < -0.39 is 0 Å². The molecule has 0 unspecified atom stereocenters. The molecule has 0 bridgehead atoms. The molecule has 3 aromatic heterocycles. The predicted molar refractivity (Wildman–Crippen MR) is 108 cm³/mol. The van der Waals surface area contributed by atoms with Crippen molar-refractivity contribution in [1.82, 2.24) is 14.3 Å². The summed E-state index contributed by atoms with van der Waals surface area (Å²) in [5, 5.41) is 5.28. The van der Waals surface area contributed by atoms with Gasteiger partial charge in [-0.05, 0) is 31.2 Å².